The fraction of sp³-hybridized carbons (Fsp3) is 0.550. The molecule has 1 aromatic carbocycles. The van der Waals surface area contributed by atoms with Crippen LogP contribution < -0.4 is 16.6 Å². The number of benzene rings is 1. The van der Waals surface area contributed by atoms with E-state index in [0.717, 1.165) is 25.7 Å². The van der Waals surface area contributed by atoms with Gasteiger partial charge < -0.3 is 5.32 Å². The maximum atomic E-state index is 12.9. The van der Waals surface area contributed by atoms with Gasteiger partial charge in [0, 0.05) is 12.6 Å². The molecule has 2 aromatic rings. The molecule has 3 rings (SSSR count). The van der Waals surface area contributed by atoms with Crippen molar-refractivity contribution in [2.45, 2.75) is 65.1 Å². The summed E-state index contributed by atoms with van der Waals surface area (Å²) in [6, 6.07) is 7.19. The molecule has 1 saturated carbocycles. The van der Waals surface area contributed by atoms with Crippen LogP contribution in [0.3, 0.4) is 0 Å². The van der Waals surface area contributed by atoms with Gasteiger partial charge in [-0.15, -0.1) is 0 Å². The number of carbonyl (C=O) groups excluding carboxylic acids is 1. The van der Waals surface area contributed by atoms with Crippen molar-refractivity contribution in [2.24, 2.45) is 5.92 Å². The van der Waals surface area contributed by atoms with Crippen LogP contribution >= 0.6 is 0 Å². The highest BCUT2D eigenvalue weighted by Gasteiger charge is 2.19. The van der Waals surface area contributed by atoms with Gasteiger partial charge in [-0.25, -0.2) is 4.79 Å². The summed E-state index contributed by atoms with van der Waals surface area (Å²) < 4.78 is 2.68. The van der Waals surface area contributed by atoms with Crippen molar-refractivity contribution in [1.29, 1.82) is 0 Å². The largest absolute Gasteiger partial charge is 0.352 e. The van der Waals surface area contributed by atoms with Gasteiger partial charge in [0.25, 0.3) is 5.56 Å². The molecule has 0 aliphatic heterocycles. The fourth-order valence-electron chi connectivity index (χ4n) is 3.71. The quantitative estimate of drug-likeness (QED) is 0.892. The Bertz CT molecular complexity index is 905. The summed E-state index contributed by atoms with van der Waals surface area (Å²) in [7, 11) is 0. The van der Waals surface area contributed by atoms with Gasteiger partial charge in [0.15, 0.2) is 0 Å². The Morgan fingerprint density at radius 2 is 1.81 bits per heavy atom. The van der Waals surface area contributed by atoms with E-state index in [1.54, 1.807) is 24.3 Å². The van der Waals surface area contributed by atoms with Crippen LogP contribution in [0.4, 0.5) is 0 Å². The van der Waals surface area contributed by atoms with Crippen LogP contribution in [0.2, 0.25) is 0 Å². The van der Waals surface area contributed by atoms with Crippen molar-refractivity contribution in [1.82, 2.24) is 14.5 Å². The number of amides is 1. The molecular weight excluding hydrogens is 330 g/mol. The van der Waals surface area contributed by atoms with Gasteiger partial charge in [0.2, 0.25) is 5.91 Å². The molecule has 0 atom stereocenters. The van der Waals surface area contributed by atoms with E-state index < -0.39 is 5.69 Å². The van der Waals surface area contributed by atoms with Crippen LogP contribution in [0, 0.1) is 5.92 Å². The van der Waals surface area contributed by atoms with Crippen LogP contribution in [0.25, 0.3) is 10.9 Å². The molecule has 0 spiro atoms. The van der Waals surface area contributed by atoms with E-state index in [4.69, 9.17) is 0 Å². The second-order valence-corrected chi connectivity index (χ2v) is 7.60. The molecule has 1 heterocycles. The van der Waals surface area contributed by atoms with Gasteiger partial charge in [-0.3, -0.25) is 18.7 Å². The number of hydrogen-bond acceptors (Lipinski definition) is 3. The van der Waals surface area contributed by atoms with Crippen molar-refractivity contribution >= 4 is 16.8 Å². The first kappa shape index (κ1) is 18.4. The zero-order valence-electron chi connectivity index (χ0n) is 15.5. The van der Waals surface area contributed by atoms with Crippen LogP contribution in [0.5, 0.6) is 0 Å². The summed E-state index contributed by atoms with van der Waals surface area (Å²) in [5.41, 5.74) is -0.189. The van der Waals surface area contributed by atoms with E-state index in [1.807, 2.05) is 13.8 Å². The molecule has 140 valence electrons. The Labute approximate surface area is 152 Å². The highest BCUT2D eigenvalue weighted by atomic mass is 16.2. The third-order valence-electron chi connectivity index (χ3n) is 4.95. The smallest absolute Gasteiger partial charge is 0.331 e. The minimum atomic E-state index is -0.416. The molecule has 1 N–H and O–H groups in total. The van der Waals surface area contributed by atoms with Crippen LogP contribution in [-0.2, 0) is 17.9 Å². The number of aromatic nitrogens is 2. The van der Waals surface area contributed by atoms with Gasteiger partial charge in [0.05, 0.1) is 10.9 Å². The average molecular weight is 357 g/mol. The normalized spacial score (nSPS) is 15.5. The molecule has 1 amide bonds. The number of rotatable bonds is 5. The minimum Gasteiger partial charge on any atom is -0.352 e. The van der Waals surface area contributed by atoms with Crippen molar-refractivity contribution in [2.75, 3.05) is 0 Å². The molecule has 0 radical (unpaired) electrons. The second-order valence-electron chi connectivity index (χ2n) is 7.60. The van der Waals surface area contributed by atoms with E-state index in [9.17, 15) is 14.4 Å². The highest BCUT2D eigenvalue weighted by molar-refractivity contribution is 5.81. The van der Waals surface area contributed by atoms with Crippen LogP contribution in [-0.4, -0.2) is 21.1 Å². The molecule has 6 heteroatoms. The molecule has 1 aliphatic rings. The lowest BCUT2D eigenvalue weighted by Gasteiger charge is -2.23. The third-order valence-corrected chi connectivity index (χ3v) is 4.95. The number of nitrogens with zero attached hydrogens (tertiary/aromatic N) is 2. The first-order valence-corrected chi connectivity index (χ1v) is 9.49. The predicted molar refractivity (Wildman–Crippen MR) is 102 cm³/mol. The Morgan fingerprint density at radius 3 is 2.50 bits per heavy atom. The zero-order valence-corrected chi connectivity index (χ0v) is 15.5. The maximum Gasteiger partial charge on any atom is 0.331 e. The SMILES string of the molecule is CC(C)Cn1c(=O)c2ccccc2n(CC(=O)NC2CCCCC2)c1=O. The highest BCUT2D eigenvalue weighted by Crippen LogP contribution is 2.17. The number of hydrogen-bond donors (Lipinski definition) is 1. The van der Waals surface area contributed by atoms with Gasteiger partial charge in [-0.2, -0.15) is 0 Å². The summed E-state index contributed by atoms with van der Waals surface area (Å²) in [6.45, 7) is 4.20. The maximum absolute atomic E-state index is 12.9. The molecule has 0 unspecified atom stereocenters. The zero-order chi connectivity index (χ0) is 18.7. The summed E-state index contributed by atoms with van der Waals surface area (Å²) >= 11 is 0. The van der Waals surface area contributed by atoms with E-state index in [-0.39, 0.29) is 30.0 Å². The molecule has 0 saturated heterocycles. The van der Waals surface area contributed by atoms with E-state index >= 15 is 0 Å². The first-order valence-electron chi connectivity index (χ1n) is 9.49. The lowest BCUT2D eigenvalue weighted by molar-refractivity contribution is -0.122. The Hall–Kier alpha value is -2.37. The Kier molecular flexibility index (Phi) is 5.59. The van der Waals surface area contributed by atoms with Gasteiger partial charge in [-0.05, 0) is 30.9 Å². The predicted octanol–water partition coefficient (Wildman–Crippen LogP) is 2.27. The molecular formula is C20H27N3O3. The summed E-state index contributed by atoms with van der Waals surface area (Å²) in [5, 5.41) is 3.52. The minimum absolute atomic E-state index is 0.0613. The molecule has 0 bridgehead atoms. The Balaban J connectivity index is 1.97. The van der Waals surface area contributed by atoms with E-state index in [2.05, 4.69) is 5.32 Å². The second kappa shape index (κ2) is 7.89. The number of nitrogens with one attached hydrogen (secondary N) is 1. The standard InChI is InChI=1S/C20H27N3O3/c1-14(2)12-23-19(25)16-10-6-7-11-17(16)22(20(23)26)13-18(24)21-15-8-4-3-5-9-15/h6-7,10-11,14-15H,3-5,8-9,12-13H2,1-2H3,(H,21,24). The number of fused-ring (bicyclic) bond motifs is 1. The lowest BCUT2D eigenvalue weighted by atomic mass is 9.95. The van der Waals surface area contributed by atoms with Crippen molar-refractivity contribution in [3.8, 4) is 0 Å². The van der Waals surface area contributed by atoms with Crippen LogP contribution in [0.1, 0.15) is 46.0 Å². The van der Waals surface area contributed by atoms with Crippen molar-refractivity contribution in [3.05, 3.63) is 45.1 Å². The fourth-order valence-corrected chi connectivity index (χ4v) is 3.71. The molecule has 1 aromatic heterocycles. The van der Waals surface area contributed by atoms with Gasteiger partial charge in [0.1, 0.15) is 6.54 Å². The number of para-hydroxylation sites is 1. The lowest BCUT2D eigenvalue weighted by Crippen LogP contribution is -2.45. The summed E-state index contributed by atoms with van der Waals surface area (Å²) in [4.78, 5) is 38.1. The molecule has 1 aliphatic carbocycles. The topological polar surface area (TPSA) is 73.1 Å². The van der Waals surface area contributed by atoms with Gasteiger partial charge in [-0.1, -0.05) is 45.2 Å². The molecule has 6 nitrogen and oxygen atoms in total. The number of carbonyl (C=O) groups is 1. The molecule has 26 heavy (non-hydrogen) atoms. The van der Waals surface area contributed by atoms with E-state index in [1.165, 1.54) is 15.6 Å². The summed E-state index contributed by atoms with van der Waals surface area (Å²) in [5.74, 6) is -0.00928. The third kappa shape index (κ3) is 3.89. The Morgan fingerprint density at radius 1 is 1.12 bits per heavy atom. The first-order chi connectivity index (χ1) is 12.5. The summed E-state index contributed by atoms with van der Waals surface area (Å²) in [6.07, 6.45) is 5.47. The van der Waals surface area contributed by atoms with Crippen molar-refractivity contribution in [3.63, 3.8) is 0 Å². The van der Waals surface area contributed by atoms with Crippen molar-refractivity contribution < 1.29 is 4.79 Å². The average Bonchev–Trinajstić information content (AvgIpc) is 2.63. The van der Waals surface area contributed by atoms with Crippen LogP contribution in [0.15, 0.2) is 33.9 Å². The molecule has 1 fully saturated rings. The van der Waals surface area contributed by atoms with Gasteiger partial charge >= 0.3 is 5.69 Å². The van der Waals surface area contributed by atoms with E-state index in [0.29, 0.717) is 17.4 Å². The monoisotopic (exact) mass is 357 g/mol.